The molecule has 8 aromatic carbocycles. The van der Waals surface area contributed by atoms with Gasteiger partial charge >= 0.3 is 0 Å². The molecule has 0 atom stereocenters. The van der Waals surface area contributed by atoms with Crippen LogP contribution in [0.15, 0.2) is 391 Å². The Morgan fingerprint density at radius 2 is 0.819 bits per heavy atom. The van der Waals surface area contributed by atoms with Gasteiger partial charge in [-0.05, 0) is 145 Å². The molecular weight excluding hydrogens is 2490 g/mol. The monoisotopic (exact) mass is 2580 g/mol. The third-order valence-corrected chi connectivity index (χ3v) is 17.8. The van der Waals surface area contributed by atoms with Crippen LogP contribution in [-0.2, 0) is 137 Å². The van der Waals surface area contributed by atoms with E-state index in [1.54, 1.807) is 78.9 Å². The van der Waals surface area contributed by atoms with Crippen LogP contribution in [0.5, 0.6) is 0 Å². The van der Waals surface area contributed by atoms with Crippen LogP contribution in [0.25, 0.3) is 88.2 Å². The normalized spacial score (nSPS) is 9.67. The van der Waals surface area contributed by atoms with Crippen LogP contribution in [0.3, 0.4) is 0 Å². The molecule has 8 heterocycles. The number of carbonyl (C=O) groups excluding carboxylic acids is 1. The summed E-state index contributed by atoms with van der Waals surface area (Å²) in [5, 5.41) is 17.9. The van der Waals surface area contributed by atoms with Crippen LogP contribution in [-0.4, -0.2) is 56.9 Å². The summed E-state index contributed by atoms with van der Waals surface area (Å²) >= 11 is 1.74. The van der Waals surface area contributed by atoms with Gasteiger partial charge in [0, 0.05) is 167 Å². The molecule has 8 aromatic heterocycles. The Morgan fingerprint density at radius 1 is 0.394 bits per heavy atom. The Bertz CT molecular complexity index is 5860. The Balaban J connectivity index is 0.000000370. The number of hydrogen-bond acceptors (Lipinski definition) is 11. The number of nitrogens with zero attached hydrogens (tertiary/aromatic N) is 7. The summed E-state index contributed by atoms with van der Waals surface area (Å²) < 4.78 is 27.5. The van der Waals surface area contributed by atoms with Gasteiger partial charge in [-0.1, -0.05) is 144 Å². The maximum Gasteiger partial charge on any atom is 0.247 e. The maximum absolute atomic E-state index is 13.5. The minimum absolute atomic E-state index is 0. The van der Waals surface area contributed by atoms with Crippen molar-refractivity contribution in [3.63, 3.8) is 0 Å². The Morgan fingerprint density at radius 3 is 1.22 bits per heavy atom. The second-order valence-electron chi connectivity index (χ2n) is 26.7. The number of carboxylic acid groups (broad SMARTS) is 1. The fourth-order valence-electron chi connectivity index (χ4n) is 11.1. The number of ketones is 1. The molecule has 5 radical (unpaired) electrons. The number of thiophene rings is 1. The Hall–Kier alpha value is -11.7. The van der Waals surface area contributed by atoms with Crippen molar-refractivity contribution in [1.29, 1.82) is 0 Å². The van der Waals surface area contributed by atoms with Crippen molar-refractivity contribution in [3.8, 4) is 78.1 Å². The molecule has 19 heteroatoms. The van der Waals surface area contributed by atoms with E-state index in [4.69, 9.17) is 10.2 Å². The molecule has 0 aliphatic rings. The van der Waals surface area contributed by atoms with Gasteiger partial charge in [-0.2, -0.15) is 0 Å². The quantitative estimate of drug-likeness (QED) is 0.0343. The molecule has 11 nitrogen and oxygen atoms in total. The number of hydrogen-bond donors (Lipinski definition) is 2. The summed E-state index contributed by atoms with van der Waals surface area (Å²) in [6.07, 6.45) is 25.3. The number of aliphatic hydroxyl groups excluding tert-OH is 1. The van der Waals surface area contributed by atoms with Crippen molar-refractivity contribution >= 4 is 33.2 Å². The number of allylic oxidation sites excluding steroid dienone is 7. The minimum Gasteiger partial charge on any atom is -0.521 e. The molecule has 0 saturated carbocycles. The molecule has 2 N–H and O–H groups in total. The summed E-state index contributed by atoms with van der Waals surface area (Å²) in [5.41, 5.74) is 20.2. The third-order valence-electron chi connectivity index (χ3n) is 16.7. The smallest absolute Gasteiger partial charge is 0.247 e. The maximum atomic E-state index is 13.5. The molecule has 0 spiro atoms. The molecular formula is C108H91F2Ir5N7O4S-8. The summed E-state index contributed by atoms with van der Waals surface area (Å²) in [7, 11) is 0. The second-order valence-corrected chi connectivity index (χ2v) is 27.8. The first-order chi connectivity index (χ1) is 59.4. The van der Waals surface area contributed by atoms with Gasteiger partial charge in [-0.25, -0.2) is 11.3 Å². The zero-order valence-corrected chi connectivity index (χ0v) is 82.9. The molecule has 0 bridgehead atoms. The van der Waals surface area contributed by atoms with Gasteiger partial charge in [-0.15, -0.1) is 276 Å². The van der Waals surface area contributed by atoms with Crippen molar-refractivity contribution in [2.75, 3.05) is 0 Å². The first-order valence-electron chi connectivity index (χ1n) is 38.8. The van der Waals surface area contributed by atoms with E-state index in [0.717, 1.165) is 116 Å². The third kappa shape index (κ3) is 40.6. The van der Waals surface area contributed by atoms with Crippen molar-refractivity contribution in [2.24, 2.45) is 0 Å². The molecule has 0 fully saturated rings. The molecule has 0 unspecified atom stereocenters. The van der Waals surface area contributed by atoms with Gasteiger partial charge in [0.25, 0.3) is 0 Å². The Kier molecular flexibility index (Phi) is 53.8. The zero-order chi connectivity index (χ0) is 86.9. The number of rotatable bonds is 19. The average Bonchev–Trinajstić information content (AvgIpc) is 1.63. The number of aromatic nitrogens is 7. The first kappa shape index (κ1) is 109. The zero-order valence-electron chi connectivity index (χ0n) is 70.2. The van der Waals surface area contributed by atoms with Crippen molar-refractivity contribution in [2.45, 2.75) is 59.8 Å². The molecule has 0 aliphatic carbocycles. The molecule has 16 rings (SSSR count). The van der Waals surface area contributed by atoms with Crippen LogP contribution in [0.2, 0.25) is 0 Å². The number of fused-ring (bicyclic) bond motifs is 1. The van der Waals surface area contributed by atoms with Crippen LogP contribution in [0.1, 0.15) is 64.5 Å². The molecule has 0 saturated heterocycles. The van der Waals surface area contributed by atoms with Gasteiger partial charge in [-0.3, -0.25) is 13.6 Å². The number of halogens is 2. The number of carboxylic acids is 1. The average molecular weight is 2580 g/mol. The molecule has 127 heavy (non-hydrogen) atoms. The van der Waals surface area contributed by atoms with Crippen LogP contribution < -0.4 is 0 Å². The van der Waals surface area contributed by atoms with E-state index >= 15 is 0 Å². The second kappa shape index (κ2) is 62.4. The topological polar surface area (TPSA) is 165 Å². The summed E-state index contributed by atoms with van der Waals surface area (Å²) in [4.78, 5) is 51.0. The molecule has 655 valence electrons. The van der Waals surface area contributed by atoms with Gasteiger partial charge in [0.2, 0.25) is 5.97 Å². The van der Waals surface area contributed by atoms with Gasteiger partial charge in [0.1, 0.15) is 0 Å². The molecule has 0 aliphatic heterocycles. The predicted molar refractivity (Wildman–Crippen MR) is 493 cm³/mol. The first-order valence-corrected chi connectivity index (χ1v) is 39.6. The summed E-state index contributed by atoms with van der Waals surface area (Å²) in [6, 6.07) is 111. The number of pyridine rings is 7. The molecule has 0 amide bonds. The minimum atomic E-state index is -0.935. The van der Waals surface area contributed by atoms with Crippen LogP contribution >= 0.6 is 11.3 Å². The number of carbonyl (C=O) groups is 2. The predicted octanol–water partition coefficient (Wildman–Crippen LogP) is 25.9. The van der Waals surface area contributed by atoms with E-state index in [1.165, 1.54) is 64.1 Å². The van der Waals surface area contributed by atoms with E-state index in [9.17, 15) is 18.4 Å². The van der Waals surface area contributed by atoms with Crippen molar-refractivity contribution < 1.29 is 129 Å². The van der Waals surface area contributed by atoms with E-state index in [2.05, 4.69) is 172 Å². The number of aromatic carboxylic acids is 1. The van der Waals surface area contributed by atoms with Crippen molar-refractivity contribution in [1.82, 2.24) is 34.9 Å². The fraction of sp³-hybridized carbons (Fsp3) is 0.0833. The SMILES string of the molecule is C=C(C)Cc1c[c-]c(-c2ccccn2)cc1.C=CCc1c[c-]c(-c2ccccn2)cc1.C=CCc1cc[c-]c(-c2ccccn2)c1.C=CCc1ccc2[c-]c(-c3ccccn3)sc2c1.C=CCc1ccnc(-c2[c-]cc(F)cc2F)c1.CC(=O)C=C(C)O.Cc1c[c-]c(-c2ccccn2)cc1.O=C(O)c1[c-]cccc1.[Ir].[Ir].[Ir].[Ir].[Ir].[c-]1ccccc1-c1ccccn1. The van der Waals surface area contributed by atoms with Crippen LogP contribution in [0.4, 0.5) is 8.78 Å². The van der Waals surface area contributed by atoms with Gasteiger partial charge in [0.15, 0.2) is 5.78 Å². The largest absolute Gasteiger partial charge is 0.521 e. The van der Waals surface area contributed by atoms with E-state index < -0.39 is 17.6 Å². The number of benzene rings is 8. The Labute approximate surface area is 817 Å². The number of aliphatic hydroxyl groups is 1. The van der Waals surface area contributed by atoms with Crippen LogP contribution in [0, 0.1) is 67.1 Å². The summed E-state index contributed by atoms with van der Waals surface area (Å²) in [6.45, 7) is 25.7. The number of aryl methyl sites for hydroxylation is 1. The molecule has 16 aromatic rings. The fourth-order valence-corrected chi connectivity index (χ4v) is 12.1. The van der Waals surface area contributed by atoms with Gasteiger partial charge in [0.05, 0.1) is 5.76 Å². The van der Waals surface area contributed by atoms with E-state index in [0.29, 0.717) is 12.1 Å². The van der Waals surface area contributed by atoms with Crippen molar-refractivity contribution in [3.05, 3.63) is 490 Å². The van der Waals surface area contributed by atoms with Gasteiger partial charge < -0.3 is 49.9 Å². The van der Waals surface area contributed by atoms with E-state index in [1.807, 2.05) is 213 Å². The standard InChI is InChI=1S/C16H12NS.C15H14N.C14H10F2N.2C14H12N.C12H10N.C11H8N.C7H5O2.C5H8O2.5Ir/c1-2-5-12-7-8-13-11-16(18-15(13)10-12)14-6-3-4-9-17-14;1-12(2)11-13-6-8-14(9-7-13)15-5-3-4-10-16-15;1-2-3-10-6-7-17-14(8-10)12-5-4-11(15)9-13(12)16;1-2-6-12-7-5-8-13(11-12)14-9-3-4-10-15-14;1-2-5-12-7-9-13(10-8-12)14-6-3-4-11-15-14;1-10-5-7-11(8-6-10)12-4-2-3-9-13-12;1-2-6-10(7-3-1)11-8-4-5-9-12-11;8-7(9)6-4-2-1-3-5-6;1-4(6)3-5(2)7;;;;;/h2-4,6-10H,1,5H2;3-8,10H,1,11H2,2H3;2,4,6-9H,1,3H2;2-5,7,9-11H,1,6H2;2-4,6-9,11H,1,5H2;2-7,9H,1H3;1-6,8-9H;1-4H,(H,8,9);3,6H,1-2H3;;;;;/q8*-1;;;;;;. The summed E-state index contributed by atoms with van der Waals surface area (Å²) in [5.74, 6) is -2.30. The van der Waals surface area contributed by atoms with E-state index in [-0.39, 0.29) is 123 Å².